The Morgan fingerprint density at radius 3 is 2.50 bits per heavy atom. The highest BCUT2D eigenvalue weighted by Crippen LogP contribution is 2.38. The fourth-order valence-corrected chi connectivity index (χ4v) is 5.53. The summed E-state index contributed by atoms with van der Waals surface area (Å²) < 4.78 is 13.2. The summed E-state index contributed by atoms with van der Waals surface area (Å²) in [6.07, 6.45) is 1.70. The Kier molecular flexibility index (Phi) is 8.23. The summed E-state index contributed by atoms with van der Waals surface area (Å²) in [7, 11) is 1.56. The van der Waals surface area contributed by atoms with Crippen molar-refractivity contribution in [3.63, 3.8) is 0 Å². The van der Waals surface area contributed by atoms with Crippen molar-refractivity contribution in [1.29, 1.82) is 0 Å². The molecule has 1 aliphatic heterocycles. The maximum Gasteiger partial charge on any atom is 0.293 e. The minimum Gasteiger partial charge on any atom is -0.493 e. The number of thioether (sulfide) groups is 1. The van der Waals surface area contributed by atoms with E-state index in [9.17, 15) is 9.59 Å². The third kappa shape index (κ3) is 5.62. The lowest BCUT2D eigenvalue weighted by Gasteiger charge is -2.14. The first kappa shape index (κ1) is 25.1. The summed E-state index contributed by atoms with van der Waals surface area (Å²) in [6.45, 7) is 0.498. The van der Waals surface area contributed by atoms with Gasteiger partial charge in [-0.05, 0) is 75.8 Å². The second kappa shape index (κ2) is 11.2. The Morgan fingerprint density at radius 1 is 1.09 bits per heavy atom. The maximum atomic E-state index is 13.0. The maximum absolute atomic E-state index is 13.0. The molecule has 0 atom stereocenters. The molecular formula is C25H18BrClINO4S. The lowest BCUT2D eigenvalue weighted by Crippen LogP contribution is -2.27. The predicted molar refractivity (Wildman–Crippen MR) is 147 cm³/mol. The molecule has 1 heterocycles. The van der Waals surface area contributed by atoms with E-state index in [0.29, 0.717) is 28.0 Å². The molecule has 1 saturated heterocycles. The number of carbonyl (C=O) groups is 2. The van der Waals surface area contributed by atoms with Gasteiger partial charge in [-0.1, -0.05) is 63.9 Å². The fraction of sp³-hybridized carbons (Fsp3) is 0.120. The summed E-state index contributed by atoms with van der Waals surface area (Å²) in [5.41, 5.74) is 2.46. The number of imide groups is 1. The highest BCUT2D eigenvalue weighted by Gasteiger charge is 2.35. The van der Waals surface area contributed by atoms with Crippen LogP contribution in [-0.2, 0) is 17.9 Å². The minimum atomic E-state index is -0.321. The van der Waals surface area contributed by atoms with E-state index in [2.05, 4.69) is 38.5 Å². The normalized spacial score (nSPS) is 14.7. The van der Waals surface area contributed by atoms with E-state index >= 15 is 0 Å². The van der Waals surface area contributed by atoms with Crippen molar-refractivity contribution in [3.05, 3.63) is 95.3 Å². The molecule has 0 saturated carbocycles. The molecule has 4 rings (SSSR count). The summed E-state index contributed by atoms with van der Waals surface area (Å²) >= 11 is 12.8. The Hall–Kier alpha value is -2.01. The number of nitrogens with zero attached hydrogens (tertiary/aromatic N) is 1. The highest BCUT2D eigenvalue weighted by molar-refractivity contribution is 14.1. The zero-order valence-electron chi connectivity index (χ0n) is 17.9. The van der Waals surface area contributed by atoms with Crippen LogP contribution in [0.4, 0.5) is 4.79 Å². The number of methoxy groups -OCH3 is 1. The number of benzene rings is 3. The Balaban J connectivity index is 1.55. The molecule has 3 aromatic rings. The zero-order chi connectivity index (χ0) is 24.2. The van der Waals surface area contributed by atoms with Crippen molar-refractivity contribution in [2.75, 3.05) is 7.11 Å². The van der Waals surface area contributed by atoms with Crippen LogP contribution in [0.5, 0.6) is 11.5 Å². The lowest BCUT2D eigenvalue weighted by atomic mass is 10.1. The number of hydrogen-bond acceptors (Lipinski definition) is 5. The minimum absolute atomic E-state index is 0.207. The monoisotopic (exact) mass is 669 g/mol. The van der Waals surface area contributed by atoms with Crippen LogP contribution >= 0.6 is 61.9 Å². The number of ether oxygens (including phenoxy) is 2. The van der Waals surface area contributed by atoms with Gasteiger partial charge in [-0.2, -0.15) is 0 Å². The van der Waals surface area contributed by atoms with Gasteiger partial charge in [0.05, 0.1) is 22.1 Å². The first-order valence-electron chi connectivity index (χ1n) is 10.1. The molecule has 2 amide bonds. The van der Waals surface area contributed by atoms with Gasteiger partial charge in [0.15, 0.2) is 11.5 Å². The van der Waals surface area contributed by atoms with Crippen LogP contribution in [-0.4, -0.2) is 23.2 Å². The van der Waals surface area contributed by atoms with Gasteiger partial charge < -0.3 is 9.47 Å². The summed E-state index contributed by atoms with van der Waals surface area (Å²) in [6, 6.07) is 18.7. The van der Waals surface area contributed by atoms with Gasteiger partial charge in [-0.15, -0.1) is 0 Å². The molecule has 9 heteroatoms. The van der Waals surface area contributed by atoms with Crippen LogP contribution in [0.2, 0.25) is 5.02 Å². The van der Waals surface area contributed by atoms with E-state index in [0.717, 1.165) is 36.5 Å². The number of rotatable bonds is 7. The largest absolute Gasteiger partial charge is 0.493 e. The van der Waals surface area contributed by atoms with Gasteiger partial charge in [-0.25, -0.2) is 0 Å². The average molecular weight is 671 g/mol. The molecule has 1 fully saturated rings. The molecular weight excluding hydrogens is 653 g/mol. The van der Waals surface area contributed by atoms with Crippen molar-refractivity contribution >= 4 is 79.1 Å². The fourth-order valence-electron chi connectivity index (χ4n) is 3.31. The first-order valence-corrected chi connectivity index (χ1v) is 13.2. The van der Waals surface area contributed by atoms with Gasteiger partial charge in [0.1, 0.15) is 6.61 Å². The molecule has 1 aliphatic rings. The third-order valence-electron chi connectivity index (χ3n) is 5.04. The molecule has 0 aliphatic carbocycles. The van der Waals surface area contributed by atoms with Gasteiger partial charge in [-0.3, -0.25) is 14.5 Å². The Morgan fingerprint density at radius 2 is 1.79 bits per heavy atom. The Labute approximate surface area is 228 Å². The number of halogens is 3. The van der Waals surface area contributed by atoms with Crippen LogP contribution < -0.4 is 9.47 Å². The molecule has 3 aromatic carbocycles. The van der Waals surface area contributed by atoms with Crippen LogP contribution in [0.3, 0.4) is 0 Å². The van der Waals surface area contributed by atoms with Crippen molar-refractivity contribution in [3.8, 4) is 11.5 Å². The quantitative estimate of drug-likeness (QED) is 0.192. The Bertz CT molecular complexity index is 1300. The molecule has 5 nitrogen and oxygen atoms in total. The van der Waals surface area contributed by atoms with E-state index in [1.807, 2.05) is 54.6 Å². The molecule has 0 radical (unpaired) electrons. The SMILES string of the molecule is COc1cc(/C=C2/SC(=O)N(Cc3ccccc3Br)C2=O)cc(I)c1OCc1ccccc1Cl. The van der Waals surface area contributed by atoms with Gasteiger partial charge in [0.25, 0.3) is 11.1 Å². The standard InChI is InChI=1S/C25H18BrClINO4S/c1-32-21-11-15(10-20(28)23(21)33-14-17-7-3-5-9-19(17)27)12-22-24(30)29(25(31)34-22)13-16-6-2-4-8-18(16)26/h2-12H,13-14H2,1H3/b22-12+. The second-order valence-corrected chi connectivity index (χ2v) is 10.7. The summed E-state index contributed by atoms with van der Waals surface area (Å²) in [5.74, 6) is 0.790. The second-order valence-electron chi connectivity index (χ2n) is 7.27. The van der Waals surface area contributed by atoms with Crippen molar-refractivity contribution in [2.24, 2.45) is 0 Å². The van der Waals surface area contributed by atoms with Crippen LogP contribution in [0.25, 0.3) is 6.08 Å². The van der Waals surface area contributed by atoms with E-state index in [-0.39, 0.29) is 17.7 Å². The van der Waals surface area contributed by atoms with Gasteiger partial charge in [0, 0.05) is 15.1 Å². The van der Waals surface area contributed by atoms with E-state index in [4.69, 9.17) is 21.1 Å². The van der Waals surface area contributed by atoms with Crippen molar-refractivity contribution in [1.82, 2.24) is 4.90 Å². The number of hydrogen-bond donors (Lipinski definition) is 0. The van der Waals surface area contributed by atoms with Gasteiger partial charge in [0.2, 0.25) is 0 Å². The number of carbonyl (C=O) groups excluding carboxylic acids is 2. The molecule has 0 aromatic heterocycles. The van der Waals surface area contributed by atoms with E-state index in [1.54, 1.807) is 19.3 Å². The summed E-state index contributed by atoms with van der Waals surface area (Å²) in [4.78, 5) is 27.1. The number of amides is 2. The van der Waals surface area contributed by atoms with Gasteiger partial charge >= 0.3 is 0 Å². The van der Waals surface area contributed by atoms with Crippen LogP contribution in [0.1, 0.15) is 16.7 Å². The third-order valence-corrected chi connectivity index (χ3v) is 7.89. The topological polar surface area (TPSA) is 55.8 Å². The molecule has 0 bridgehead atoms. The lowest BCUT2D eigenvalue weighted by molar-refractivity contribution is -0.123. The predicted octanol–water partition coefficient (Wildman–Crippen LogP) is 7.53. The molecule has 0 N–H and O–H groups in total. The molecule has 174 valence electrons. The zero-order valence-corrected chi connectivity index (χ0v) is 23.2. The molecule has 34 heavy (non-hydrogen) atoms. The van der Waals surface area contributed by atoms with Crippen molar-refractivity contribution in [2.45, 2.75) is 13.2 Å². The van der Waals surface area contributed by atoms with Crippen molar-refractivity contribution < 1.29 is 19.1 Å². The van der Waals surface area contributed by atoms with Crippen LogP contribution in [0, 0.1) is 3.57 Å². The average Bonchev–Trinajstić information content (AvgIpc) is 3.07. The highest BCUT2D eigenvalue weighted by atomic mass is 127. The summed E-state index contributed by atoms with van der Waals surface area (Å²) in [5, 5.41) is 0.333. The smallest absolute Gasteiger partial charge is 0.293 e. The van der Waals surface area contributed by atoms with E-state index in [1.165, 1.54) is 4.90 Å². The van der Waals surface area contributed by atoms with E-state index < -0.39 is 0 Å². The molecule has 0 unspecified atom stereocenters. The molecule has 0 spiro atoms. The van der Waals surface area contributed by atoms with Crippen LogP contribution in [0.15, 0.2) is 70.0 Å². The first-order chi connectivity index (χ1) is 16.4.